The second kappa shape index (κ2) is 19.6. The molecule has 12 N–H and O–H groups in total. The highest BCUT2D eigenvalue weighted by Gasteiger charge is 2.38. The number of nitrogens with two attached hydrogens (primary N) is 4. The molecule has 2 aromatic carbocycles. The summed E-state index contributed by atoms with van der Waals surface area (Å²) in [5, 5.41) is 20.6. The molecule has 0 heterocycles. The lowest BCUT2D eigenvalue weighted by Crippen LogP contribution is -2.54. The first kappa shape index (κ1) is 40.0. The van der Waals surface area contributed by atoms with Gasteiger partial charge in [-0.3, -0.25) is 24.8 Å². The van der Waals surface area contributed by atoms with Crippen molar-refractivity contribution < 1.29 is 37.5 Å². The number of nitrogens with zero attached hydrogens (tertiary/aromatic N) is 1. The largest absolute Gasteiger partial charge is 0.490 e. The van der Waals surface area contributed by atoms with Crippen molar-refractivity contribution in [3.8, 4) is 0 Å². The van der Waals surface area contributed by atoms with Gasteiger partial charge in [-0.25, -0.2) is 4.79 Å². The van der Waals surface area contributed by atoms with Gasteiger partial charge in [-0.05, 0) is 42.7 Å². The third-order valence-electron chi connectivity index (χ3n) is 8.00. The van der Waals surface area contributed by atoms with Crippen LogP contribution in [0.3, 0.4) is 0 Å². The summed E-state index contributed by atoms with van der Waals surface area (Å²) in [6, 6.07) is 14.9. The van der Waals surface area contributed by atoms with Crippen LogP contribution in [0.15, 0.2) is 59.6 Å². The zero-order chi connectivity index (χ0) is 36.6. The first-order valence-corrected chi connectivity index (χ1v) is 15.8. The van der Waals surface area contributed by atoms with Crippen molar-refractivity contribution in [2.45, 2.75) is 82.0 Å². The van der Waals surface area contributed by atoms with Gasteiger partial charge in [0.1, 0.15) is 17.9 Å². The van der Waals surface area contributed by atoms with Gasteiger partial charge >= 0.3 is 12.1 Å². The molecule has 3 rings (SSSR count). The molecule has 1 unspecified atom stereocenters. The molecule has 1 fully saturated rings. The van der Waals surface area contributed by atoms with Crippen LogP contribution in [0.25, 0.3) is 0 Å². The van der Waals surface area contributed by atoms with Gasteiger partial charge in [0.05, 0.1) is 5.92 Å². The number of primary amides is 1. The zero-order valence-electron chi connectivity index (χ0n) is 27.0. The monoisotopic (exact) mass is 690 g/mol. The number of aliphatic imine (C=N–C) groups is 1. The van der Waals surface area contributed by atoms with Crippen LogP contribution in [-0.2, 0) is 25.6 Å². The van der Waals surface area contributed by atoms with Gasteiger partial charge in [0.15, 0.2) is 5.96 Å². The standard InChI is InChI=1S/C31H44N8O3.C2HF3O2/c32-27(33)23-15-13-21(14-16-23)18-24(22-10-5-2-6-11-22)29(41)39-26(19-20-8-3-1-4-9-20)30(42)38-25(28(34)40)12-7-17-37-31(35)36;3-2(4,5)1(6)7/h2,5-6,10-11,13-16,20,24-26H,1,3-4,7-9,12,17-19H2,(H3,32,33)(H2,34,40)(H,38,42)(H,39,41)(H4,35,36,37);(H,6,7)/t24?,25-,26-;/m0./s1. The molecule has 2 aromatic rings. The van der Waals surface area contributed by atoms with Crippen LogP contribution in [-0.4, -0.2) is 65.4 Å². The molecule has 3 atom stereocenters. The summed E-state index contributed by atoms with van der Waals surface area (Å²) >= 11 is 0. The maximum absolute atomic E-state index is 13.9. The van der Waals surface area contributed by atoms with E-state index in [9.17, 15) is 27.6 Å². The van der Waals surface area contributed by atoms with E-state index >= 15 is 0 Å². The second-order valence-electron chi connectivity index (χ2n) is 11.8. The van der Waals surface area contributed by atoms with Crippen LogP contribution < -0.4 is 33.6 Å². The van der Waals surface area contributed by atoms with Crippen LogP contribution in [0.5, 0.6) is 0 Å². The number of hydrogen-bond donors (Lipinski definition) is 8. The van der Waals surface area contributed by atoms with Gasteiger partial charge < -0.3 is 38.7 Å². The van der Waals surface area contributed by atoms with E-state index in [1.54, 1.807) is 12.1 Å². The van der Waals surface area contributed by atoms with E-state index in [0.717, 1.165) is 43.2 Å². The van der Waals surface area contributed by atoms with Crippen LogP contribution in [0, 0.1) is 11.3 Å². The van der Waals surface area contributed by atoms with Crippen molar-refractivity contribution >= 4 is 35.5 Å². The van der Waals surface area contributed by atoms with Crippen LogP contribution in [0.4, 0.5) is 13.2 Å². The lowest BCUT2D eigenvalue weighted by molar-refractivity contribution is -0.192. The Balaban J connectivity index is 0.00000107. The quantitative estimate of drug-likeness (QED) is 0.0781. The molecule has 1 saturated carbocycles. The fourth-order valence-corrected chi connectivity index (χ4v) is 5.42. The average molecular weight is 691 g/mol. The fraction of sp³-hybridized carbons (Fsp3) is 0.455. The van der Waals surface area contributed by atoms with Crippen molar-refractivity contribution in [2.75, 3.05) is 6.54 Å². The van der Waals surface area contributed by atoms with Crippen LogP contribution in [0.1, 0.15) is 74.0 Å². The third-order valence-corrected chi connectivity index (χ3v) is 8.00. The lowest BCUT2D eigenvalue weighted by atomic mass is 9.84. The highest BCUT2D eigenvalue weighted by atomic mass is 19.4. The number of amides is 3. The van der Waals surface area contributed by atoms with Crippen LogP contribution in [0.2, 0.25) is 0 Å². The SMILES string of the molecule is N=C(N)c1ccc(CC(C(=O)N[C@@H](CC2CCCCC2)C(=O)N[C@@H](CCCN=C(N)N)C(N)=O)c2ccccc2)cc1.O=C(O)C(F)(F)F. The summed E-state index contributed by atoms with van der Waals surface area (Å²) in [4.78, 5) is 52.5. The van der Waals surface area contributed by atoms with Crippen molar-refractivity contribution in [2.24, 2.45) is 33.8 Å². The number of benzene rings is 2. The molecular formula is C33H45F3N8O5. The van der Waals surface area contributed by atoms with Gasteiger partial charge in [-0.2, -0.15) is 13.2 Å². The number of alkyl halides is 3. The number of guanidine groups is 1. The fourth-order valence-electron chi connectivity index (χ4n) is 5.42. The number of carbonyl (C=O) groups excluding carboxylic acids is 3. The molecule has 3 amide bonds. The molecule has 1 aliphatic rings. The molecule has 0 aromatic heterocycles. The Morgan fingerprint density at radius 1 is 0.878 bits per heavy atom. The van der Waals surface area contributed by atoms with Crippen molar-refractivity contribution in [1.82, 2.24) is 10.6 Å². The first-order chi connectivity index (χ1) is 23.1. The smallest absolute Gasteiger partial charge is 0.475 e. The maximum atomic E-state index is 13.9. The van der Waals surface area contributed by atoms with E-state index in [2.05, 4.69) is 15.6 Å². The van der Waals surface area contributed by atoms with E-state index in [1.165, 1.54) is 0 Å². The molecule has 0 bridgehead atoms. The Hall–Kier alpha value is -5.15. The molecule has 0 spiro atoms. The van der Waals surface area contributed by atoms with Crippen LogP contribution >= 0.6 is 0 Å². The number of aliphatic carboxylic acids is 1. The number of carbonyl (C=O) groups is 4. The molecule has 0 aliphatic heterocycles. The number of rotatable bonds is 15. The van der Waals surface area contributed by atoms with Gasteiger partial charge in [0.25, 0.3) is 0 Å². The molecule has 1 aliphatic carbocycles. The van der Waals surface area contributed by atoms with Crippen molar-refractivity contribution in [3.05, 3.63) is 71.3 Å². The van der Waals surface area contributed by atoms with Crippen molar-refractivity contribution in [3.63, 3.8) is 0 Å². The highest BCUT2D eigenvalue weighted by Crippen LogP contribution is 2.28. The average Bonchev–Trinajstić information content (AvgIpc) is 3.05. The number of nitrogen functional groups attached to an aromatic ring is 1. The predicted octanol–water partition coefficient (Wildman–Crippen LogP) is 2.41. The second-order valence-corrected chi connectivity index (χ2v) is 11.8. The predicted molar refractivity (Wildman–Crippen MR) is 178 cm³/mol. The molecule has 0 radical (unpaired) electrons. The number of nitrogens with one attached hydrogen (secondary N) is 3. The summed E-state index contributed by atoms with van der Waals surface area (Å²) in [6.07, 6.45) is 1.82. The summed E-state index contributed by atoms with van der Waals surface area (Å²) in [5.41, 5.74) is 24.3. The Morgan fingerprint density at radius 2 is 1.45 bits per heavy atom. The summed E-state index contributed by atoms with van der Waals surface area (Å²) in [5.74, 6) is -4.48. The Bertz CT molecular complexity index is 1430. The number of amidine groups is 1. The Labute approximate surface area is 282 Å². The van der Waals surface area contributed by atoms with E-state index in [-0.39, 0.29) is 30.0 Å². The van der Waals surface area contributed by atoms with E-state index < -0.39 is 42.0 Å². The van der Waals surface area contributed by atoms with Crippen molar-refractivity contribution in [1.29, 1.82) is 5.41 Å². The van der Waals surface area contributed by atoms with Gasteiger partial charge in [0, 0.05) is 12.1 Å². The maximum Gasteiger partial charge on any atom is 0.490 e. The summed E-state index contributed by atoms with van der Waals surface area (Å²) in [7, 11) is 0. The topological polar surface area (TPSA) is 253 Å². The van der Waals surface area contributed by atoms with E-state index in [1.807, 2.05) is 42.5 Å². The minimum atomic E-state index is -5.08. The minimum Gasteiger partial charge on any atom is -0.475 e. The van der Waals surface area contributed by atoms with Gasteiger partial charge in [-0.15, -0.1) is 0 Å². The molecule has 268 valence electrons. The molecule has 13 nitrogen and oxygen atoms in total. The molecular weight excluding hydrogens is 645 g/mol. The Morgan fingerprint density at radius 3 is 1.96 bits per heavy atom. The number of carboxylic acid groups (broad SMARTS) is 1. The zero-order valence-corrected chi connectivity index (χ0v) is 27.0. The normalized spacial score (nSPS) is 14.9. The van der Waals surface area contributed by atoms with E-state index in [4.69, 9.17) is 38.2 Å². The lowest BCUT2D eigenvalue weighted by Gasteiger charge is -2.29. The first-order valence-electron chi connectivity index (χ1n) is 15.8. The number of halogens is 3. The van der Waals surface area contributed by atoms with Gasteiger partial charge in [-0.1, -0.05) is 86.7 Å². The number of carboxylic acids is 1. The number of hydrogen-bond acceptors (Lipinski definition) is 6. The summed E-state index contributed by atoms with van der Waals surface area (Å²) in [6.45, 7) is 0.302. The molecule has 16 heteroatoms. The van der Waals surface area contributed by atoms with Gasteiger partial charge in [0.2, 0.25) is 17.7 Å². The third kappa shape index (κ3) is 14.7. The highest BCUT2D eigenvalue weighted by molar-refractivity contribution is 5.95. The molecule has 0 saturated heterocycles. The minimum absolute atomic E-state index is 0.0269. The summed E-state index contributed by atoms with van der Waals surface area (Å²) < 4.78 is 31.7. The Kier molecular flexibility index (Phi) is 16.0. The molecule has 49 heavy (non-hydrogen) atoms. The van der Waals surface area contributed by atoms with E-state index in [0.29, 0.717) is 31.4 Å².